The molecule has 0 aromatic heterocycles. The molecule has 2 aromatic carbocycles. The minimum absolute atomic E-state index is 0.0210. The van der Waals surface area contributed by atoms with Gasteiger partial charge >= 0.3 is 5.97 Å². The molecule has 0 saturated carbocycles. The molecule has 3 atom stereocenters. The van der Waals surface area contributed by atoms with Gasteiger partial charge in [0.05, 0.1) is 18.9 Å². The van der Waals surface area contributed by atoms with E-state index >= 15 is 0 Å². The number of carbonyl (C=O) groups is 3. The van der Waals surface area contributed by atoms with Crippen molar-refractivity contribution in [2.24, 2.45) is 5.92 Å². The van der Waals surface area contributed by atoms with Crippen molar-refractivity contribution in [3.63, 3.8) is 0 Å². The summed E-state index contributed by atoms with van der Waals surface area (Å²) < 4.78 is 11.1. The first-order valence-corrected chi connectivity index (χ1v) is 15.4. The summed E-state index contributed by atoms with van der Waals surface area (Å²) in [5.41, 5.74) is 2.73. The Labute approximate surface area is 254 Å². The smallest absolute Gasteiger partial charge is 0.308 e. The number of ether oxygens (including phenoxy) is 2. The lowest BCUT2D eigenvalue weighted by molar-refractivity contribution is -0.143. The first kappa shape index (κ1) is 30.8. The van der Waals surface area contributed by atoms with Gasteiger partial charge in [-0.25, -0.2) is 0 Å². The number of anilines is 1. The first-order chi connectivity index (χ1) is 20.8. The van der Waals surface area contributed by atoms with E-state index in [1.807, 2.05) is 66.4 Å². The number of nitrogens with zero attached hydrogens (tertiary/aromatic N) is 4. The fourth-order valence-electron chi connectivity index (χ4n) is 6.72. The number of likely N-dealkylation sites (tertiary alicyclic amines) is 1. The number of carboxylic acid groups (broad SMARTS) is 1. The molecule has 3 unspecified atom stereocenters. The number of rotatable bonds is 14. The highest BCUT2D eigenvalue weighted by molar-refractivity contribution is 6.01. The Kier molecular flexibility index (Phi) is 9.87. The quantitative estimate of drug-likeness (QED) is 0.356. The first-order valence-electron chi connectivity index (χ1n) is 15.4. The summed E-state index contributed by atoms with van der Waals surface area (Å²) in [7, 11) is 4.05. The standard InChI is InChI=1S/C33H44N4O6/c1-4-5-15-35(16-8-14-34(2)3)31(39)21-36-20-25(23-11-12-28-29(18-23)43-22-42-28)32(33(40)41)27(36)13-17-37-26-10-7-6-9-24(26)19-30(37)38/h6-7,9-12,18,25,27,32H,4-5,8,13-17,19-22H2,1-3H3,(H,40,41). The topological polar surface area (TPSA) is 103 Å². The van der Waals surface area contributed by atoms with Crippen molar-refractivity contribution < 1.29 is 29.0 Å². The number of aliphatic carboxylic acids is 1. The second-order valence-electron chi connectivity index (χ2n) is 12.1. The molecule has 10 heteroatoms. The predicted octanol–water partition coefficient (Wildman–Crippen LogP) is 3.44. The highest BCUT2D eigenvalue weighted by Gasteiger charge is 2.47. The van der Waals surface area contributed by atoms with Crippen molar-refractivity contribution in [3.8, 4) is 11.5 Å². The molecule has 3 aliphatic rings. The van der Waals surface area contributed by atoms with E-state index in [2.05, 4.69) is 11.8 Å². The molecule has 10 nitrogen and oxygen atoms in total. The minimum atomic E-state index is -0.899. The van der Waals surface area contributed by atoms with Crippen molar-refractivity contribution in [3.05, 3.63) is 53.6 Å². The third-order valence-electron chi connectivity index (χ3n) is 8.94. The molecule has 232 valence electrons. The summed E-state index contributed by atoms with van der Waals surface area (Å²) in [5, 5.41) is 10.6. The van der Waals surface area contributed by atoms with Crippen LogP contribution >= 0.6 is 0 Å². The van der Waals surface area contributed by atoms with E-state index in [9.17, 15) is 19.5 Å². The summed E-state index contributed by atoms with van der Waals surface area (Å²) in [6.07, 6.45) is 3.58. The lowest BCUT2D eigenvalue weighted by Crippen LogP contribution is -2.46. The summed E-state index contributed by atoms with van der Waals surface area (Å²) in [6.45, 7) is 5.47. The minimum Gasteiger partial charge on any atom is -0.481 e. The zero-order valence-electron chi connectivity index (χ0n) is 25.5. The normalized spacial score (nSPS) is 21.1. The average molecular weight is 593 g/mol. The summed E-state index contributed by atoms with van der Waals surface area (Å²) in [5.74, 6) is -0.693. The Balaban J connectivity index is 1.39. The largest absolute Gasteiger partial charge is 0.481 e. The van der Waals surface area contributed by atoms with Gasteiger partial charge in [-0.3, -0.25) is 19.3 Å². The molecular formula is C33H44N4O6. The average Bonchev–Trinajstić information content (AvgIpc) is 3.68. The van der Waals surface area contributed by atoms with E-state index in [-0.39, 0.29) is 31.1 Å². The van der Waals surface area contributed by atoms with Gasteiger partial charge in [0, 0.05) is 43.8 Å². The Morgan fingerprint density at radius 3 is 2.56 bits per heavy atom. The fraction of sp³-hybridized carbons (Fsp3) is 0.545. The van der Waals surface area contributed by atoms with Gasteiger partial charge in [-0.15, -0.1) is 0 Å². The Bertz CT molecular complexity index is 1320. The number of hydrogen-bond donors (Lipinski definition) is 1. The summed E-state index contributed by atoms with van der Waals surface area (Å²) in [4.78, 5) is 47.6. The van der Waals surface area contributed by atoms with E-state index in [0.29, 0.717) is 50.5 Å². The van der Waals surface area contributed by atoms with Crippen LogP contribution in [-0.2, 0) is 20.8 Å². The predicted molar refractivity (Wildman–Crippen MR) is 164 cm³/mol. The zero-order valence-corrected chi connectivity index (χ0v) is 25.5. The maximum atomic E-state index is 13.8. The van der Waals surface area contributed by atoms with E-state index in [1.54, 1.807) is 4.90 Å². The third kappa shape index (κ3) is 6.96. The summed E-state index contributed by atoms with van der Waals surface area (Å²) >= 11 is 0. The van der Waals surface area contributed by atoms with Crippen LogP contribution in [0, 0.1) is 5.92 Å². The van der Waals surface area contributed by atoms with Gasteiger partial charge in [0.2, 0.25) is 18.6 Å². The molecule has 1 fully saturated rings. The van der Waals surface area contributed by atoms with Gasteiger partial charge < -0.3 is 29.3 Å². The number of carbonyl (C=O) groups excluding carboxylic acids is 2. The van der Waals surface area contributed by atoms with Crippen molar-refractivity contribution in [1.29, 1.82) is 0 Å². The second-order valence-corrected chi connectivity index (χ2v) is 12.1. The molecule has 43 heavy (non-hydrogen) atoms. The summed E-state index contributed by atoms with van der Waals surface area (Å²) in [6, 6.07) is 12.9. The van der Waals surface area contributed by atoms with Gasteiger partial charge in [0.25, 0.3) is 0 Å². The van der Waals surface area contributed by atoms with Crippen LogP contribution in [0.2, 0.25) is 0 Å². The molecule has 1 N–H and O–H groups in total. The van der Waals surface area contributed by atoms with E-state index < -0.39 is 17.9 Å². The van der Waals surface area contributed by atoms with Crippen LogP contribution in [0.4, 0.5) is 5.69 Å². The molecule has 0 radical (unpaired) electrons. The van der Waals surface area contributed by atoms with Crippen molar-refractivity contribution >= 4 is 23.5 Å². The van der Waals surface area contributed by atoms with Crippen LogP contribution in [0.3, 0.4) is 0 Å². The number of benzene rings is 2. The number of para-hydroxylation sites is 1. The van der Waals surface area contributed by atoms with Crippen LogP contribution in [0.15, 0.2) is 42.5 Å². The lowest BCUT2D eigenvalue weighted by Gasteiger charge is -2.31. The second kappa shape index (κ2) is 13.8. The van der Waals surface area contributed by atoms with E-state index in [4.69, 9.17) is 9.47 Å². The maximum absolute atomic E-state index is 13.8. The van der Waals surface area contributed by atoms with Crippen molar-refractivity contribution in [2.45, 2.75) is 51.0 Å². The van der Waals surface area contributed by atoms with Gasteiger partial charge in [-0.05, 0) is 69.2 Å². The third-order valence-corrected chi connectivity index (χ3v) is 8.94. The van der Waals surface area contributed by atoms with Gasteiger partial charge in [0.1, 0.15) is 0 Å². The van der Waals surface area contributed by atoms with Crippen LogP contribution in [0.5, 0.6) is 11.5 Å². The number of carboxylic acids is 1. The number of unbranched alkanes of at least 4 members (excludes halogenated alkanes) is 1. The van der Waals surface area contributed by atoms with Gasteiger partial charge in [0.15, 0.2) is 11.5 Å². The molecule has 0 aliphatic carbocycles. The lowest BCUT2D eigenvalue weighted by atomic mass is 9.84. The molecule has 2 aromatic rings. The SMILES string of the molecule is CCCCN(CCCN(C)C)C(=O)CN1CC(c2ccc3c(c2)OCO3)C(C(=O)O)C1CCN1C(=O)Cc2ccccc21. The van der Waals surface area contributed by atoms with Crippen LogP contribution in [-0.4, -0.2) is 104 Å². The Morgan fingerprint density at radius 1 is 1.02 bits per heavy atom. The van der Waals surface area contributed by atoms with Crippen LogP contribution in [0.25, 0.3) is 0 Å². The number of hydrogen-bond acceptors (Lipinski definition) is 7. The fourth-order valence-corrected chi connectivity index (χ4v) is 6.72. The molecule has 1 saturated heterocycles. The molecule has 2 amide bonds. The van der Waals surface area contributed by atoms with Gasteiger partial charge in [-0.1, -0.05) is 37.6 Å². The van der Waals surface area contributed by atoms with Crippen LogP contribution in [0.1, 0.15) is 49.7 Å². The molecular weight excluding hydrogens is 548 g/mol. The number of fused-ring (bicyclic) bond motifs is 2. The monoisotopic (exact) mass is 592 g/mol. The van der Waals surface area contributed by atoms with E-state index in [0.717, 1.165) is 42.6 Å². The Hall–Kier alpha value is -3.63. The molecule has 5 rings (SSSR count). The van der Waals surface area contributed by atoms with Crippen LogP contribution < -0.4 is 14.4 Å². The number of amides is 2. The highest BCUT2D eigenvalue weighted by Crippen LogP contribution is 2.43. The maximum Gasteiger partial charge on any atom is 0.308 e. The zero-order chi connectivity index (χ0) is 30.5. The van der Waals surface area contributed by atoms with Crippen molar-refractivity contribution in [2.75, 3.05) is 65.1 Å². The highest BCUT2D eigenvalue weighted by atomic mass is 16.7. The Morgan fingerprint density at radius 2 is 1.79 bits per heavy atom. The molecule has 3 aliphatic heterocycles. The molecule has 3 heterocycles. The molecule has 0 spiro atoms. The van der Waals surface area contributed by atoms with Crippen molar-refractivity contribution in [1.82, 2.24) is 14.7 Å². The van der Waals surface area contributed by atoms with Gasteiger partial charge in [-0.2, -0.15) is 0 Å². The molecule has 0 bridgehead atoms. The van der Waals surface area contributed by atoms with E-state index in [1.165, 1.54) is 0 Å².